The fraction of sp³-hybridized carbons (Fsp3) is 0.860. The number of rotatable bonds is 42. The SMILES string of the molecule is CCCCCCCC/C=C\CCCCCCCC(=O)OCC(COP(=O)(O)OCCNCCN)OC(=O)CCCCCCC/C=C\CCCCCCCC. The van der Waals surface area contributed by atoms with Crippen LogP contribution in [-0.2, 0) is 32.7 Å². The molecule has 0 aromatic rings. The number of phosphoric ester groups is 1. The van der Waals surface area contributed by atoms with Gasteiger partial charge in [0, 0.05) is 32.5 Å². The topological polar surface area (TPSA) is 146 Å². The van der Waals surface area contributed by atoms with E-state index in [1.54, 1.807) is 0 Å². The molecule has 10 nitrogen and oxygen atoms in total. The Hall–Kier alpha value is -1.55. The number of unbranched alkanes of at least 4 members (excludes halogenated alkanes) is 22. The highest BCUT2D eigenvalue weighted by molar-refractivity contribution is 7.47. The Morgan fingerprint density at radius 3 is 1.48 bits per heavy atom. The van der Waals surface area contributed by atoms with E-state index in [0.29, 0.717) is 26.1 Å². The highest BCUT2D eigenvalue weighted by atomic mass is 31.2. The first kappa shape index (κ1) is 52.5. The molecule has 0 amide bonds. The summed E-state index contributed by atoms with van der Waals surface area (Å²) in [5.74, 6) is -0.838. The maximum atomic E-state index is 12.6. The molecule has 0 aromatic carbocycles. The monoisotopic (exact) mass is 787 g/mol. The summed E-state index contributed by atoms with van der Waals surface area (Å²) in [6.07, 6.45) is 39.1. The predicted molar refractivity (Wildman–Crippen MR) is 223 cm³/mol. The summed E-state index contributed by atoms with van der Waals surface area (Å²) < 4.78 is 33.4. The van der Waals surface area contributed by atoms with Crippen LogP contribution in [-0.4, -0.2) is 62.4 Å². The fourth-order valence-electron chi connectivity index (χ4n) is 5.97. The van der Waals surface area contributed by atoms with Crippen molar-refractivity contribution < 1.29 is 37.6 Å². The van der Waals surface area contributed by atoms with Gasteiger partial charge >= 0.3 is 19.8 Å². The van der Waals surface area contributed by atoms with Crippen molar-refractivity contribution in [1.29, 1.82) is 0 Å². The van der Waals surface area contributed by atoms with Crippen LogP contribution >= 0.6 is 7.82 Å². The molecule has 0 rings (SSSR count). The summed E-state index contributed by atoms with van der Waals surface area (Å²) in [5, 5.41) is 2.96. The number of esters is 2. The first-order chi connectivity index (χ1) is 26.3. The van der Waals surface area contributed by atoms with E-state index in [0.717, 1.165) is 70.6 Å². The highest BCUT2D eigenvalue weighted by Gasteiger charge is 2.26. The molecule has 0 saturated heterocycles. The van der Waals surface area contributed by atoms with Crippen molar-refractivity contribution in [3.8, 4) is 0 Å². The van der Waals surface area contributed by atoms with E-state index in [2.05, 4.69) is 43.5 Å². The average Bonchev–Trinajstić information content (AvgIpc) is 3.15. The summed E-state index contributed by atoms with van der Waals surface area (Å²) in [6, 6.07) is 0. The Morgan fingerprint density at radius 1 is 0.593 bits per heavy atom. The number of ether oxygens (including phenoxy) is 2. The number of nitrogens with one attached hydrogen (secondary N) is 1. The van der Waals surface area contributed by atoms with E-state index in [4.69, 9.17) is 24.3 Å². The molecule has 0 aliphatic heterocycles. The van der Waals surface area contributed by atoms with Crippen LogP contribution < -0.4 is 11.1 Å². The lowest BCUT2D eigenvalue weighted by Gasteiger charge is -2.20. The van der Waals surface area contributed by atoms with Crippen molar-refractivity contribution in [2.45, 2.75) is 200 Å². The number of allylic oxidation sites excluding steroid dienone is 4. The maximum Gasteiger partial charge on any atom is 0.472 e. The zero-order valence-electron chi connectivity index (χ0n) is 34.8. The summed E-state index contributed by atoms with van der Waals surface area (Å²) >= 11 is 0. The van der Waals surface area contributed by atoms with Gasteiger partial charge in [0.1, 0.15) is 6.61 Å². The van der Waals surface area contributed by atoms with Gasteiger partial charge in [0.15, 0.2) is 6.10 Å². The molecule has 0 spiro atoms. The standard InChI is InChI=1S/C43H83N2O8P/c1-3-5-7-9-11-13-15-17-19-21-23-25-27-29-31-33-42(46)50-39-41(40-52-54(48,49)51-38-37-45-36-35-44)53-43(47)34-32-30-28-26-24-22-20-18-16-14-12-10-8-6-4-2/h17-20,41,45H,3-16,21-40,44H2,1-2H3,(H,48,49)/b19-17-,20-18-. The van der Waals surface area contributed by atoms with E-state index in [9.17, 15) is 19.0 Å². The van der Waals surface area contributed by atoms with Gasteiger partial charge in [0.25, 0.3) is 0 Å². The van der Waals surface area contributed by atoms with Crippen LogP contribution in [0.5, 0.6) is 0 Å². The van der Waals surface area contributed by atoms with Crippen LogP contribution in [0.1, 0.15) is 194 Å². The second-order valence-corrected chi connectivity index (χ2v) is 16.1. The number of phosphoric acid groups is 1. The smallest absolute Gasteiger partial charge is 0.462 e. The van der Waals surface area contributed by atoms with Gasteiger partial charge in [0.2, 0.25) is 0 Å². The molecule has 0 saturated carbocycles. The molecule has 11 heteroatoms. The molecule has 0 aliphatic rings. The fourth-order valence-corrected chi connectivity index (χ4v) is 6.73. The van der Waals surface area contributed by atoms with Crippen molar-refractivity contribution in [2.24, 2.45) is 5.73 Å². The quantitative estimate of drug-likeness (QED) is 0.0236. The van der Waals surface area contributed by atoms with Crippen LogP contribution in [0.2, 0.25) is 0 Å². The highest BCUT2D eigenvalue weighted by Crippen LogP contribution is 2.43. The van der Waals surface area contributed by atoms with Crippen LogP contribution in [0.25, 0.3) is 0 Å². The third-order valence-electron chi connectivity index (χ3n) is 9.29. The van der Waals surface area contributed by atoms with Crippen molar-refractivity contribution >= 4 is 19.8 Å². The van der Waals surface area contributed by atoms with Crippen LogP contribution in [0.4, 0.5) is 0 Å². The van der Waals surface area contributed by atoms with Gasteiger partial charge in [-0.05, 0) is 64.2 Å². The molecule has 0 heterocycles. The molecule has 54 heavy (non-hydrogen) atoms. The molecule has 2 atom stereocenters. The molecule has 0 aromatic heterocycles. The zero-order valence-corrected chi connectivity index (χ0v) is 35.7. The van der Waals surface area contributed by atoms with Crippen LogP contribution in [0, 0.1) is 0 Å². The zero-order chi connectivity index (χ0) is 39.6. The molecule has 0 fully saturated rings. The normalized spacial score (nSPS) is 13.5. The molecular formula is C43H83N2O8P. The van der Waals surface area contributed by atoms with Crippen molar-refractivity contribution in [3.05, 3.63) is 24.3 Å². The van der Waals surface area contributed by atoms with Crippen LogP contribution in [0.3, 0.4) is 0 Å². The van der Waals surface area contributed by atoms with Gasteiger partial charge in [0.05, 0.1) is 13.2 Å². The molecule has 0 bridgehead atoms. The van der Waals surface area contributed by atoms with Crippen molar-refractivity contribution in [2.75, 3.05) is 39.5 Å². The first-order valence-corrected chi connectivity index (χ1v) is 23.5. The van der Waals surface area contributed by atoms with Crippen molar-refractivity contribution in [3.63, 3.8) is 0 Å². The largest absolute Gasteiger partial charge is 0.472 e. The second kappa shape index (κ2) is 41.1. The number of hydrogen-bond acceptors (Lipinski definition) is 9. The van der Waals surface area contributed by atoms with E-state index < -0.39 is 26.5 Å². The Labute approximate surface area is 331 Å². The molecule has 0 aliphatic carbocycles. The minimum absolute atomic E-state index is 0.0569. The lowest BCUT2D eigenvalue weighted by molar-refractivity contribution is -0.161. The van der Waals surface area contributed by atoms with E-state index in [1.165, 1.54) is 89.9 Å². The van der Waals surface area contributed by atoms with Gasteiger partial charge in [-0.15, -0.1) is 0 Å². The molecule has 318 valence electrons. The van der Waals surface area contributed by atoms with Gasteiger partial charge in [-0.1, -0.05) is 141 Å². The number of hydrogen-bond donors (Lipinski definition) is 3. The van der Waals surface area contributed by atoms with Gasteiger partial charge in [-0.25, -0.2) is 4.57 Å². The van der Waals surface area contributed by atoms with Gasteiger partial charge in [-0.2, -0.15) is 0 Å². The first-order valence-electron chi connectivity index (χ1n) is 22.0. The molecule has 4 N–H and O–H groups in total. The maximum absolute atomic E-state index is 12.6. The Balaban J connectivity index is 4.35. The number of nitrogens with two attached hydrogens (primary N) is 1. The molecular weight excluding hydrogens is 703 g/mol. The third kappa shape index (κ3) is 40.1. The van der Waals surface area contributed by atoms with Crippen LogP contribution in [0.15, 0.2) is 24.3 Å². The summed E-state index contributed by atoms with van der Waals surface area (Å²) in [5.41, 5.74) is 5.43. The third-order valence-corrected chi connectivity index (χ3v) is 10.3. The summed E-state index contributed by atoms with van der Waals surface area (Å²) in [6.45, 7) is 5.08. The Kier molecular flexibility index (Phi) is 39.9. The lowest BCUT2D eigenvalue weighted by Crippen LogP contribution is -2.30. The predicted octanol–water partition coefficient (Wildman–Crippen LogP) is 11.2. The minimum Gasteiger partial charge on any atom is -0.462 e. The lowest BCUT2D eigenvalue weighted by atomic mass is 10.1. The Bertz CT molecular complexity index is 948. The van der Waals surface area contributed by atoms with E-state index in [-0.39, 0.29) is 32.0 Å². The van der Waals surface area contributed by atoms with Gasteiger partial charge in [-0.3, -0.25) is 18.6 Å². The van der Waals surface area contributed by atoms with Gasteiger partial charge < -0.3 is 25.4 Å². The second-order valence-electron chi connectivity index (χ2n) is 14.6. The number of carbonyl (C=O) groups is 2. The molecule has 0 radical (unpaired) electrons. The van der Waals surface area contributed by atoms with Crippen molar-refractivity contribution in [1.82, 2.24) is 5.32 Å². The summed E-state index contributed by atoms with van der Waals surface area (Å²) in [4.78, 5) is 35.2. The molecule has 2 unspecified atom stereocenters. The van der Waals surface area contributed by atoms with E-state index in [1.807, 2.05) is 0 Å². The number of carbonyl (C=O) groups excluding carboxylic acids is 2. The minimum atomic E-state index is -4.40. The van der Waals surface area contributed by atoms with E-state index >= 15 is 0 Å². The Morgan fingerprint density at radius 2 is 1.02 bits per heavy atom. The summed E-state index contributed by atoms with van der Waals surface area (Å²) in [7, 11) is -4.40. The average molecular weight is 787 g/mol.